The third-order valence-electron chi connectivity index (χ3n) is 10.6. The number of hydrogen-bond acceptors (Lipinski definition) is 14. The molecule has 5 aromatic rings. The topological polar surface area (TPSA) is 257 Å². The van der Waals surface area contributed by atoms with Gasteiger partial charge in [-0.15, -0.1) is 11.3 Å². The molecule has 4 amide bonds. The van der Waals surface area contributed by atoms with E-state index in [0.717, 1.165) is 21.7 Å². The minimum atomic E-state index is -3.88. The summed E-state index contributed by atoms with van der Waals surface area (Å²) in [6, 6.07) is 20.6. The van der Waals surface area contributed by atoms with E-state index < -0.39 is 57.3 Å². The van der Waals surface area contributed by atoms with Crippen LogP contribution in [0.25, 0.3) is 21.7 Å². The van der Waals surface area contributed by atoms with Gasteiger partial charge < -0.3 is 41.2 Å². The first-order valence-corrected chi connectivity index (χ1v) is 23.7. The molecular formula is C46H55N9O9S2. The summed E-state index contributed by atoms with van der Waals surface area (Å²) in [7, 11) is -3.88. The second-order valence-electron chi connectivity index (χ2n) is 16.7. The van der Waals surface area contributed by atoms with Crippen LogP contribution in [0.5, 0.6) is 0 Å². The number of para-hydroxylation sites is 1. The van der Waals surface area contributed by atoms with Gasteiger partial charge in [0.05, 0.1) is 65.4 Å². The highest BCUT2D eigenvalue weighted by Gasteiger charge is 2.44. The number of ether oxygens (including phenoxy) is 2. The highest BCUT2D eigenvalue weighted by Crippen LogP contribution is 2.29. The van der Waals surface area contributed by atoms with Crippen molar-refractivity contribution >= 4 is 56.5 Å². The molecule has 1 aliphatic heterocycles. The second-order valence-corrected chi connectivity index (χ2v) is 19.3. The maximum Gasteiger partial charge on any atom is 0.278 e. The van der Waals surface area contributed by atoms with E-state index >= 15 is 0 Å². The molecule has 18 nitrogen and oxygen atoms in total. The lowest BCUT2D eigenvalue weighted by Gasteiger charge is -2.35. The molecule has 0 bridgehead atoms. The van der Waals surface area contributed by atoms with Gasteiger partial charge in [0.25, 0.3) is 5.91 Å². The molecule has 0 unspecified atom stereocenters. The van der Waals surface area contributed by atoms with Crippen molar-refractivity contribution in [2.75, 3.05) is 50.6 Å². The maximum atomic E-state index is 13.9. The van der Waals surface area contributed by atoms with Crippen LogP contribution < -0.4 is 26.4 Å². The summed E-state index contributed by atoms with van der Waals surface area (Å²) in [5, 5.41) is 19.0. The van der Waals surface area contributed by atoms with Crippen LogP contribution in [0.2, 0.25) is 0 Å². The van der Waals surface area contributed by atoms with Crippen LogP contribution in [-0.2, 0) is 40.4 Å². The van der Waals surface area contributed by atoms with Crippen LogP contribution in [0, 0.1) is 12.3 Å². The first-order valence-electron chi connectivity index (χ1n) is 21.3. The van der Waals surface area contributed by atoms with Crippen LogP contribution >= 0.6 is 11.3 Å². The number of carbonyl (C=O) groups is 4. The van der Waals surface area contributed by atoms with Crippen LogP contribution in [-0.4, -0.2) is 115 Å². The molecule has 20 heteroatoms. The van der Waals surface area contributed by atoms with Crippen molar-refractivity contribution in [2.45, 2.75) is 70.2 Å². The number of nitrogen functional groups attached to an aromatic ring is 1. The van der Waals surface area contributed by atoms with Crippen LogP contribution in [0.15, 0.2) is 95.5 Å². The summed E-state index contributed by atoms with van der Waals surface area (Å²) >= 11 is 1.56. The Bertz CT molecular complexity index is 2570. The molecule has 1 aliphatic rings. The van der Waals surface area contributed by atoms with E-state index in [4.69, 9.17) is 15.2 Å². The number of hydrogen-bond donors (Lipinski definition) is 6. The fourth-order valence-corrected chi connectivity index (χ4v) is 8.88. The average Bonchev–Trinajstić information content (AvgIpc) is 3.91. The molecule has 66 heavy (non-hydrogen) atoms. The van der Waals surface area contributed by atoms with Crippen molar-refractivity contribution < 1.29 is 42.2 Å². The fourth-order valence-electron chi connectivity index (χ4n) is 7.05. The van der Waals surface area contributed by atoms with Gasteiger partial charge in [-0.1, -0.05) is 75.4 Å². The molecule has 0 radical (unpaired) electrons. The number of nitrogens with two attached hydrogens (primary N) is 1. The smallest absolute Gasteiger partial charge is 0.278 e. The lowest BCUT2D eigenvalue weighted by atomic mass is 9.85. The number of anilines is 2. The number of thiazole rings is 1. The van der Waals surface area contributed by atoms with E-state index in [1.807, 2.05) is 58.0 Å². The minimum Gasteiger partial charge on any atom is -0.391 e. The van der Waals surface area contributed by atoms with Crippen molar-refractivity contribution in [2.24, 2.45) is 5.41 Å². The van der Waals surface area contributed by atoms with E-state index in [1.165, 1.54) is 23.2 Å². The first kappa shape index (κ1) is 49.3. The van der Waals surface area contributed by atoms with Crippen molar-refractivity contribution in [3.8, 4) is 21.7 Å². The number of amides is 4. The van der Waals surface area contributed by atoms with Gasteiger partial charge in [-0.3, -0.25) is 19.2 Å². The summed E-state index contributed by atoms with van der Waals surface area (Å²) < 4.78 is 39.4. The number of aliphatic hydroxyl groups excluding tert-OH is 1. The van der Waals surface area contributed by atoms with Crippen molar-refractivity contribution in [3.63, 3.8) is 0 Å². The number of nitrogens with zero attached hydrogens (tertiary/aromatic N) is 4. The SMILES string of the molecule is Cc1ncsc1-c1ccc(CNC(=O)[C@@H]2C[C@@H](O)CN2C(=O)[C@@H](NC(=O)CCOCCOCCNS(=O)(=O)c2ccc(-c3cnc(N)c(C(=O)Nc4ccccc4)n3)cc2)C(C)(C)C)cc1. The Hall–Kier alpha value is -6.16. The number of aromatic nitrogens is 3. The zero-order valence-corrected chi connectivity index (χ0v) is 38.8. The summed E-state index contributed by atoms with van der Waals surface area (Å²) in [5.74, 6) is -1.88. The van der Waals surface area contributed by atoms with Gasteiger partial charge in [0.2, 0.25) is 27.7 Å². The third-order valence-corrected chi connectivity index (χ3v) is 13.1. The molecule has 0 saturated carbocycles. The zero-order chi connectivity index (χ0) is 47.4. The van der Waals surface area contributed by atoms with Crippen molar-refractivity contribution in [3.05, 3.63) is 108 Å². The van der Waals surface area contributed by atoms with Gasteiger partial charge in [-0.05, 0) is 47.7 Å². The Kier molecular flexibility index (Phi) is 16.7. The summed E-state index contributed by atoms with van der Waals surface area (Å²) in [5.41, 5.74) is 11.2. The Labute approximate surface area is 387 Å². The predicted molar refractivity (Wildman–Crippen MR) is 249 cm³/mol. The van der Waals surface area contributed by atoms with Gasteiger partial charge >= 0.3 is 0 Å². The molecular weight excluding hydrogens is 887 g/mol. The van der Waals surface area contributed by atoms with Gasteiger partial charge in [0.1, 0.15) is 12.1 Å². The van der Waals surface area contributed by atoms with E-state index in [2.05, 4.69) is 35.6 Å². The third kappa shape index (κ3) is 13.2. The Morgan fingerprint density at radius 3 is 2.27 bits per heavy atom. The number of aryl methyl sites for hydroxylation is 1. The molecule has 1 saturated heterocycles. The van der Waals surface area contributed by atoms with E-state index in [1.54, 1.807) is 53.2 Å². The van der Waals surface area contributed by atoms with Gasteiger partial charge in [0, 0.05) is 43.7 Å². The van der Waals surface area contributed by atoms with Crippen LogP contribution in [0.3, 0.4) is 0 Å². The number of benzene rings is 3. The van der Waals surface area contributed by atoms with Crippen molar-refractivity contribution in [1.29, 1.82) is 0 Å². The number of likely N-dealkylation sites (tertiary alicyclic amines) is 1. The number of aliphatic hydroxyl groups is 1. The van der Waals surface area contributed by atoms with Crippen LogP contribution in [0.1, 0.15) is 55.4 Å². The Morgan fingerprint density at radius 1 is 0.924 bits per heavy atom. The largest absolute Gasteiger partial charge is 0.391 e. The molecule has 2 aromatic heterocycles. The molecule has 1 fully saturated rings. The molecule has 3 atom stereocenters. The number of nitrogens with one attached hydrogen (secondary N) is 4. The highest BCUT2D eigenvalue weighted by molar-refractivity contribution is 7.89. The zero-order valence-electron chi connectivity index (χ0n) is 37.2. The van der Waals surface area contributed by atoms with E-state index in [9.17, 15) is 32.7 Å². The standard InChI is InChI=1S/C46H55N9O9S2/c1-29-40(65-28-50-29)32-12-10-30(11-13-32)25-49-43(58)37-24-34(56)27-55(37)45(60)41(46(2,3)4)54-38(57)18-20-63-22-23-64-21-19-51-66(61,62)35-16-14-31(15-17-35)36-26-48-42(47)39(53-36)44(59)52-33-8-6-5-7-9-33/h5-17,26,28,34,37,41,51,56H,18-25,27H2,1-4H3,(H2,47,48)(H,49,58)(H,52,59)(H,54,57)/t34-,37+,41-/m1/s1. The minimum absolute atomic E-state index is 0.00766. The lowest BCUT2D eigenvalue weighted by Crippen LogP contribution is -2.57. The number of β-amino-alcohol motifs (C(OH)–C–C–N with tert-alkyl or cyclic N) is 1. The summed E-state index contributed by atoms with van der Waals surface area (Å²) in [4.78, 5) is 68.4. The molecule has 0 aliphatic carbocycles. The van der Waals surface area contributed by atoms with Gasteiger partial charge in [-0.25, -0.2) is 28.1 Å². The van der Waals surface area contributed by atoms with Crippen molar-refractivity contribution in [1.82, 2.24) is 35.2 Å². The van der Waals surface area contributed by atoms with E-state index in [-0.39, 0.29) is 75.3 Å². The van der Waals surface area contributed by atoms with Gasteiger partial charge in [0.15, 0.2) is 11.5 Å². The van der Waals surface area contributed by atoms with Crippen LogP contribution in [0.4, 0.5) is 11.5 Å². The molecule has 7 N–H and O–H groups in total. The fraction of sp³-hybridized carbons (Fsp3) is 0.370. The highest BCUT2D eigenvalue weighted by atomic mass is 32.2. The monoisotopic (exact) mass is 941 g/mol. The quantitative estimate of drug-likeness (QED) is 0.0606. The molecule has 0 spiro atoms. The van der Waals surface area contributed by atoms with E-state index in [0.29, 0.717) is 16.9 Å². The average molecular weight is 942 g/mol. The molecule has 6 rings (SSSR count). The summed E-state index contributed by atoms with van der Waals surface area (Å²) in [6.07, 6.45) is 0.522. The number of rotatable bonds is 20. The maximum absolute atomic E-state index is 13.9. The second kappa shape index (κ2) is 22.4. The Morgan fingerprint density at radius 2 is 1.61 bits per heavy atom. The first-order chi connectivity index (χ1) is 31.5. The molecule has 3 heterocycles. The normalized spacial score (nSPS) is 15.6. The number of sulfonamides is 1. The van der Waals surface area contributed by atoms with Gasteiger partial charge in [-0.2, -0.15) is 0 Å². The molecule has 3 aromatic carbocycles. The number of carbonyl (C=O) groups excluding carboxylic acids is 4. The Balaban J connectivity index is 0.888. The lowest BCUT2D eigenvalue weighted by molar-refractivity contribution is -0.144. The summed E-state index contributed by atoms with van der Waals surface area (Å²) in [6.45, 7) is 7.91. The molecule has 350 valence electrons. The predicted octanol–water partition coefficient (Wildman–Crippen LogP) is 3.92.